The van der Waals surface area contributed by atoms with Crippen LogP contribution in [0.4, 0.5) is 0 Å². The van der Waals surface area contributed by atoms with E-state index in [0.29, 0.717) is 23.8 Å². The van der Waals surface area contributed by atoms with Gasteiger partial charge in [-0.15, -0.1) is 11.3 Å². The zero-order valence-electron chi connectivity index (χ0n) is 14.2. The molecule has 0 bridgehead atoms. The van der Waals surface area contributed by atoms with Crippen molar-refractivity contribution >= 4 is 17.2 Å². The maximum atomic E-state index is 12.7. The summed E-state index contributed by atoms with van der Waals surface area (Å²) in [7, 11) is 1.81. The summed E-state index contributed by atoms with van der Waals surface area (Å²) in [6.07, 6.45) is 3.35. The third-order valence-electron chi connectivity index (χ3n) is 3.64. The number of thiazole rings is 1. The Labute approximate surface area is 150 Å². The summed E-state index contributed by atoms with van der Waals surface area (Å²) in [6.45, 7) is 2.75. The smallest absolute Gasteiger partial charge is 0.265 e. The van der Waals surface area contributed by atoms with Gasteiger partial charge in [0.05, 0.1) is 11.9 Å². The van der Waals surface area contributed by atoms with Crippen molar-refractivity contribution in [3.05, 3.63) is 76.0 Å². The first kappa shape index (κ1) is 17.1. The minimum atomic E-state index is -0.0218. The predicted molar refractivity (Wildman–Crippen MR) is 97.7 cm³/mol. The lowest BCUT2D eigenvalue weighted by Crippen LogP contribution is -2.26. The van der Waals surface area contributed by atoms with Crippen LogP contribution in [0, 0.1) is 6.92 Å². The highest BCUT2D eigenvalue weighted by Gasteiger charge is 2.19. The molecule has 1 aromatic carbocycles. The third-order valence-corrected chi connectivity index (χ3v) is 4.76. The molecule has 0 saturated heterocycles. The van der Waals surface area contributed by atoms with Crippen molar-refractivity contribution in [1.82, 2.24) is 14.9 Å². The Morgan fingerprint density at radius 3 is 2.72 bits per heavy atom. The zero-order chi connectivity index (χ0) is 17.6. The summed E-state index contributed by atoms with van der Waals surface area (Å²) < 4.78 is 5.66. The molecule has 0 N–H and O–H groups in total. The highest BCUT2D eigenvalue weighted by Crippen LogP contribution is 2.22. The average molecular weight is 353 g/mol. The Morgan fingerprint density at radius 1 is 1.20 bits per heavy atom. The molecule has 3 rings (SSSR count). The molecule has 2 aromatic heterocycles. The van der Waals surface area contributed by atoms with Gasteiger partial charge in [-0.3, -0.25) is 9.78 Å². The van der Waals surface area contributed by atoms with E-state index in [-0.39, 0.29) is 5.91 Å². The van der Waals surface area contributed by atoms with Gasteiger partial charge in [0, 0.05) is 19.8 Å². The van der Waals surface area contributed by atoms with Gasteiger partial charge in [0.15, 0.2) is 0 Å². The van der Waals surface area contributed by atoms with Gasteiger partial charge in [-0.05, 0) is 24.6 Å². The Morgan fingerprint density at radius 2 is 2.00 bits per heavy atom. The summed E-state index contributed by atoms with van der Waals surface area (Å²) in [6, 6.07) is 13.6. The Hall–Kier alpha value is -2.73. The van der Waals surface area contributed by atoms with E-state index in [9.17, 15) is 4.79 Å². The monoisotopic (exact) mass is 353 g/mol. The number of carbonyl (C=O) groups is 1. The van der Waals surface area contributed by atoms with Crippen LogP contribution >= 0.6 is 11.3 Å². The summed E-state index contributed by atoms with van der Waals surface area (Å²) in [4.78, 5) is 23.5. The fourth-order valence-corrected chi connectivity index (χ4v) is 3.36. The molecule has 0 spiro atoms. The Kier molecular flexibility index (Phi) is 5.40. The number of hydrogen-bond donors (Lipinski definition) is 0. The van der Waals surface area contributed by atoms with Gasteiger partial charge in [0.1, 0.15) is 22.2 Å². The number of nitrogens with zero attached hydrogens (tertiary/aromatic N) is 3. The van der Waals surface area contributed by atoms with Crippen LogP contribution in [0.1, 0.15) is 25.9 Å². The van der Waals surface area contributed by atoms with Crippen LogP contribution < -0.4 is 4.74 Å². The fraction of sp³-hybridized carbons (Fsp3) is 0.211. The Bertz CT molecular complexity index is 834. The van der Waals surface area contributed by atoms with Crippen molar-refractivity contribution in [2.45, 2.75) is 20.1 Å². The van der Waals surface area contributed by atoms with Gasteiger partial charge in [-0.25, -0.2) is 4.98 Å². The molecule has 6 heteroatoms. The Balaban J connectivity index is 1.65. The van der Waals surface area contributed by atoms with E-state index >= 15 is 0 Å². The summed E-state index contributed by atoms with van der Waals surface area (Å²) in [5.74, 6) is 0.663. The first-order chi connectivity index (χ1) is 12.1. The van der Waals surface area contributed by atoms with Crippen molar-refractivity contribution < 1.29 is 9.53 Å². The minimum Gasteiger partial charge on any atom is -0.485 e. The number of hydrogen-bond acceptors (Lipinski definition) is 5. The van der Waals surface area contributed by atoms with Gasteiger partial charge >= 0.3 is 0 Å². The molecule has 25 heavy (non-hydrogen) atoms. The largest absolute Gasteiger partial charge is 0.485 e. The number of benzene rings is 1. The van der Waals surface area contributed by atoms with Crippen molar-refractivity contribution in [3.8, 4) is 5.75 Å². The summed E-state index contributed by atoms with van der Waals surface area (Å²) in [5, 5.41) is 0.776. The standard InChI is InChI=1S/C19H19N3O2S/c1-14-18(19(23)22(2)12-15-7-4-3-5-8-15)25-17(21-14)13-24-16-9-6-10-20-11-16/h3-11H,12-13H2,1-2H3. The molecular formula is C19H19N3O2S. The number of aryl methyl sites for hydroxylation is 1. The van der Waals surface area contributed by atoms with Crippen LogP contribution in [0.3, 0.4) is 0 Å². The lowest BCUT2D eigenvalue weighted by Gasteiger charge is -2.16. The first-order valence-electron chi connectivity index (χ1n) is 7.92. The van der Waals surface area contributed by atoms with E-state index in [0.717, 1.165) is 16.3 Å². The molecule has 0 atom stereocenters. The topological polar surface area (TPSA) is 55.3 Å². The van der Waals surface area contributed by atoms with E-state index in [1.807, 2.05) is 49.4 Å². The molecule has 3 aromatic rings. The van der Waals surface area contributed by atoms with Crippen molar-refractivity contribution in [2.75, 3.05) is 7.05 Å². The second kappa shape index (κ2) is 7.90. The average Bonchev–Trinajstić information content (AvgIpc) is 3.01. The van der Waals surface area contributed by atoms with Crippen molar-refractivity contribution in [1.29, 1.82) is 0 Å². The molecule has 5 nitrogen and oxygen atoms in total. The van der Waals surface area contributed by atoms with Crippen LogP contribution in [-0.4, -0.2) is 27.8 Å². The van der Waals surface area contributed by atoms with E-state index in [1.165, 1.54) is 11.3 Å². The summed E-state index contributed by atoms with van der Waals surface area (Å²) >= 11 is 1.38. The van der Waals surface area contributed by atoms with Gasteiger partial charge in [0.2, 0.25) is 0 Å². The molecule has 2 heterocycles. The summed E-state index contributed by atoms with van der Waals surface area (Å²) in [5.41, 5.74) is 1.83. The third kappa shape index (κ3) is 4.42. The number of carbonyl (C=O) groups excluding carboxylic acids is 1. The molecular weight excluding hydrogens is 334 g/mol. The van der Waals surface area contributed by atoms with E-state index in [1.54, 1.807) is 24.3 Å². The van der Waals surface area contributed by atoms with Crippen molar-refractivity contribution in [2.24, 2.45) is 0 Å². The molecule has 0 fully saturated rings. The van der Waals surface area contributed by atoms with Crippen LogP contribution in [0.2, 0.25) is 0 Å². The van der Waals surface area contributed by atoms with Gasteiger partial charge in [0.25, 0.3) is 5.91 Å². The lowest BCUT2D eigenvalue weighted by atomic mass is 10.2. The normalized spacial score (nSPS) is 10.5. The molecule has 0 saturated carbocycles. The molecule has 0 unspecified atom stereocenters. The second-order valence-electron chi connectivity index (χ2n) is 5.65. The molecule has 0 aliphatic carbocycles. The molecule has 1 amide bonds. The van der Waals surface area contributed by atoms with E-state index in [4.69, 9.17) is 4.74 Å². The van der Waals surface area contributed by atoms with Gasteiger partial charge < -0.3 is 9.64 Å². The van der Waals surface area contributed by atoms with Crippen LogP contribution in [0.5, 0.6) is 5.75 Å². The molecule has 0 radical (unpaired) electrons. The lowest BCUT2D eigenvalue weighted by molar-refractivity contribution is 0.0789. The number of pyridine rings is 1. The fourth-order valence-electron chi connectivity index (χ4n) is 2.39. The van der Waals surface area contributed by atoms with Crippen LogP contribution in [-0.2, 0) is 13.2 Å². The molecule has 128 valence electrons. The first-order valence-corrected chi connectivity index (χ1v) is 8.73. The highest BCUT2D eigenvalue weighted by molar-refractivity contribution is 7.13. The maximum absolute atomic E-state index is 12.7. The quantitative estimate of drug-likeness (QED) is 0.678. The van der Waals surface area contributed by atoms with Crippen LogP contribution in [0.15, 0.2) is 54.9 Å². The van der Waals surface area contributed by atoms with Crippen LogP contribution in [0.25, 0.3) is 0 Å². The van der Waals surface area contributed by atoms with Gasteiger partial charge in [-0.1, -0.05) is 30.3 Å². The molecule has 0 aliphatic heterocycles. The number of rotatable bonds is 6. The van der Waals surface area contributed by atoms with E-state index in [2.05, 4.69) is 9.97 Å². The zero-order valence-corrected chi connectivity index (χ0v) is 15.0. The SMILES string of the molecule is Cc1nc(COc2cccnc2)sc1C(=O)N(C)Cc1ccccc1. The highest BCUT2D eigenvalue weighted by atomic mass is 32.1. The van der Waals surface area contributed by atoms with Gasteiger partial charge in [-0.2, -0.15) is 0 Å². The number of amides is 1. The number of ether oxygens (including phenoxy) is 1. The molecule has 0 aliphatic rings. The minimum absolute atomic E-state index is 0.0218. The maximum Gasteiger partial charge on any atom is 0.265 e. The van der Waals surface area contributed by atoms with E-state index < -0.39 is 0 Å². The predicted octanol–water partition coefficient (Wildman–Crippen LogP) is 3.70. The second-order valence-corrected chi connectivity index (χ2v) is 6.73. The van der Waals surface area contributed by atoms with Crippen molar-refractivity contribution in [3.63, 3.8) is 0 Å². The number of aromatic nitrogens is 2.